The zero-order valence-electron chi connectivity index (χ0n) is 11.3. The van der Waals surface area contributed by atoms with Gasteiger partial charge in [-0.05, 0) is 31.1 Å². The van der Waals surface area contributed by atoms with Crippen LogP contribution in [0, 0.1) is 11.6 Å². The average Bonchev–Trinajstić information content (AvgIpc) is 2.88. The number of hydrogen-bond acceptors (Lipinski definition) is 4. The molecule has 0 aliphatic heterocycles. The summed E-state index contributed by atoms with van der Waals surface area (Å²) < 4.78 is 26.7. The monoisotopic (exact) mass is 297 g/mol. The Morgan fingerprint density at radius 2 is 2.00 bits per heavy atom. The maximum absolute atomic E-state index is 13.6. The Morgan fingerprint density at radius 1 is 1.20 bits per heavy atom. The molecule has 0 bridgehead atoms. The molecule has 20 heavy (non-hydrogen) atoms. The van der Waals surface area contributed by atoms with E-state index in [2.05, 4.69) is 22.4 Å². The molecule has 1 aromatic carbocycles. The maximum atomic E-state index is 13.6. The molecule has 0 aliphatic rings. The van der Waals surface area contributed by atoms with Crippen LogP contribution in [0.25, 0.3) is 0 Å². The lowest BCUT2D eigenvalue weighted by Crippen LogP contribution is -2.14. The minimum Gasteiger partial charge on any atom is -0.317 e. The van der Waals surface area contributed by atoms with Crippen LogP contribution in [0.4, 0.5) is 8.78 Å². The number of nitrogens with zero attached hydrogens (tertiary/aromatic N) is 2. The summed E-state index contributed by atoms with van der Waals surface area (Å²) in [4.78, 5) is 0. The number of rotatable bonds is 7. The van der Waals surface area contributed by atoms with Crippen molar-refractivity contribution in [3.05, 3.63) is 45.4 Å². The van der Waals surface area contributed by atoms with Gasteiger partial charge in [0.05, 0.1) is 0 Å². The van der Waals surface area contributed by atoms with Crippen molar-refractivity contribution in [2.75, 3.05) is 13.1 Å². The molecule has 2 aromatic rings. The predicted octanol–water partition coefficient (Wildman–Crippen LogP) is 2.95. The van der Waals surface area contributed by atoms with Crippen molar-refractivity contribution in [1.82, 2.24) is 15.5 Å². The second-order valence-electron chi connectivity index (χ2n) is 4.44. The molecule has 0 saturated carbocycles. The fraction of sp³-hybridized carbons (Fsp3) is 0.429. The van der Waals surface area contributed by atoms with Gasteiger partial charge in [-0.2, -0.15) is 0 Å². The third-order valence-electron chi connectivity index (χ3n) is 2.88. The van der Waals surface area contributed by atoms with Gasteiger partial charge in [-0.15, -0.1) is 21.5 Å². The van der Waals surface area contributed by atoms with E-state index in [-0.39, 0.29) is 6.42 Å². The molecule has 0 spiro atoms. The van der Waals surface area contributed by atoms with Crippen LogP contribution in [0.15, 0.2) is 18.2 Å². The first-order valence-corrected chi connectivity index (χ1v) is 7.47. The number of hydrogen-bond donors (Lipinski definition) is 1. The number of aryl methyl sites for hydroxylation is 1. The first-order valence-electron chi connectivity index (χ1n) is 6.65. The third-order valence-corrected chi connectivity index (χ3v) is 3.86. The van der Waals surface area contributed by atoms with E-state index in [0.29, 0.717) is 10.6 Å². The smallest absolute Gasteiger partial charge is 0.162 e. The molecule has 0 fully saturated rings. The lowest BCUT2D eigenvalue weighted by atomic mass is 10.1. The van der Waals surface area contributed by atoms with E-state index in [1.54, 1.807) is 6.07 Å². The Balaban J connectivity index is 1.94. The van der Waals surface area contributed by atoms with Gasteiger partial charge in [0.25, 0.3) is 0 Å². The average molecular weight is 297 g/mol. The number of aromatic nitrogens is 2. The molecule has 0 atom stereocenters. The Bertz CT molecular complexity index is 557. The van der Waals surface area contributed by atoms with Crippen LogP contribution in [0.5, 0.6) is 0 Å². The summed E-state index contributed by atoms with van der Waals surface area (Å²) >= 11 is 1.46. The van der Waals surface area contributed by atoms with Crippen LogP contribution in [-0.4, -0.2) is 23.3 Å². The Morgan fingerprint density at radius 3 is 2.80 bits per heavy atom. The molecule has 0 saturated heterocycles. The minimum absolute atomic E-state index is 0.286. The van der Waals surface area contributed by atoms with Crippen LogP contribution in [0.3, 0.4) is 0 Å². The summed E-state index contributed by atoms with van der Waals surface area (Å²) in [5.41, 5.74) is 0.320. The van der Waals surface area contributed by atoms with E-state index >= 15 is 0 Å². The molecule has 1 N–H and O–H groups in total. The molecule has 0 unspecified atom stereocenters. The Labute approximate surface area is 121 Å². The van der Waals surface area contributed by atoms with E-state index in [1.807, 2.05) is 0 Å². The molecular formula is C14H17F2N3S. The summed E-state index contributed by atoms with van der Waals surface area (Å²) in [6.07, 6.45) is 2.14. The van der Waals surface area contributed by atoms with Crippen molar-refractivity contribution < 1.29 is 8.78 Å². The van der Waals surface area contributed by atoms with Gasteiger partial charge in [-0.3, -0.25) is 0 Å². The van der Waals surface area contributed by atoms with E-state index < -0.39 is 11.6 Å². The summed E-state index contributed by atoms with van der Waals surface area (Å²) in [6, 6.07) is 4.20. The van der Waals surface area contributed by atoms with Crippen LogP contribution < -0.4 is 5.32 Å². The largest absolute Gasteiger partial charge is 0.317 e. The zero-order valence-corrected chi connectivity index (χ0v) is 12.1. The van der Waals surface area contributed by atoms with Crippen LogP contribution in [0.2, 0.25) is 0 Å². The topological polar surface area (TPSA) is 37.8 Å². The normalized spacial score (nSPS) is 10.9. The first-order chi connectivity index (χ1) is 9.70. The zero-order chi connectivity index (χ0) is 14.4. The molecule has 6 heteroatoms. The highest BCUT2D eigenvalue weighted by Crippen LogP contribution is 2.19. The summed E-state index contributed by atoms with van der Waals surface area (Å²) in [6.45, 7) is 3.97. The molecular weight excluding hydrogens is 280 g/mol. The van der Waals surface area contributed by atoms with Crippen molar-refractivity contribution in [3.8, 4) is 0 Å². The van der Waals surface area contributed by atoms with Crippen molar-refractivity contribution in [2.24, 2.45) is 0 Å². The highest BCUT2D eigenvalue weighted by molar-refractivity contribution is 7.11. The maximum Gasteiger partial charge on any atom is 0.162 e. The van der Waals surface area contributed by atoms with Gasteiger partial charge in [0.1, 0.15) is 10.0 Å². The highest BCUT2D eigenvalue weighted by atomic mass is 32.1. The second-order valence-corrected chi connectivity index (χ2v) is 5.58. The molecule has 108 valence electrons. The Kier molecular flexibility index (Phi) is 5.55. The number of nitrogens with one attached hydrogen (secondary N) is 1. The molecule has 0 radical (unpaired) electrons. The van der Waals surface area contributed by atoms with Gasteiger partial charge < -0.3 is 5.32 Å². The second kappa shape index (κ2) is 7.40. The van der Waals surface area contributed by atoms with Crippen molar-refractivity contribution in [2.45, 2.75) is 26.2 Å². The molecule has 3 nitrogen and oxygen atoms in total. The quantitative estimate of drug-likeness (QED) is 0.799. The van der Waals surface area contributed by atoms with Gasteiger partial charge in [0.2, 0.25) is 0 Å². The SMILES string of the molecule is CCNCCCc1nnc(Cc2cccc(F)c2F)s1. The molecule has 1 heterocycles. The van der Waals surface area contributed by atoms with Gasteiger partial charge in [-0.25, -0.2) is 8.78 Å². The van der Waals surface area contributed by atoms with E-state index in [0.717, 1.165) is 37.0 Å². The van der Waals surface area contributed by atoms with Gasteiger partial charge in [0, 0.05) is 12.8 Å². The van der Waals surface area contributed by atoms with Gasteiger partial charge in [-0.1, -0.05) is 19.1 Å². The predicted molar refractivity (Wildman–Crippen MR) is 75.9 cm³/mol. The van der Waals surface area contributed by atoms with Crippen LogP contribution >= 0.6 is 11.3 Å². The Hall–Kier alpha value is -1.40. The third kappa shape index (κ3) is 4.05. The summed E-state index contributed by atoms with van der Waals surface area (Å²) in [5.74, 6) is -1.62. The van der Waals surface area contributed by atoms with E-state index in [4.69, 9.17) is 0 Å². The number of halogens is 2. The fourth-order valence-corrected chi connectivity index (χ4v) is 2.76. The van der Waals surface area contributed by atoms with Crippen molar-refractivity contribution >= 4 is 11.3 Å². The van der Waals surface area contributed by atoms with Crippen LogP contribution in [0.1, 0.15) is 28.9 Å². The van der Waals surface area contributed by atoms with Crippen molar-refractivity contribution in [1.29, 1.82) is 0 Å². The summed E-state index contributed by atoms with van der Waals surface area (Å²) in [5, 5.41) is 13.0. The van der Waals surface area contributed by atoms with Gasteiger partial charge >= 0.3 is 0 Å². The summed E-state index contributed by atoms with van der Waals surface area (Å²) in [7, 11) is 0. The van der Waals surface area contributed by atoms with E-state index in [1.165, 1.54) is 17.4 Å². The minimum atomic E-state index is -0.821. The van der Waals surface area contributed by atoms with Crippen molar-refractivity contribution in [3.63, 3.8) is 0 Å². The lowest BCUT2D eigenvalue weighted by Gasteiger charge is -2.00. The van der Waals surface area contributed by atoms with Gasteiger partial charge in [0.15, 0.2) is 11.6 Å². The molecule has 0 amide bonds. The lowest BCUT2D eigenvalue weighted by molar-refractivity contribution is 0.500. The molecule has 0 aliphatic carbocycles. The molecule has 1 aromatic heterocycles. The highest BCUT2D eigenvalue weighted by Gasteiger charge is 2.11. The molecule has 2 rings (SSSR count). The standard InChI is InChI=1S/C14H17F2N3S/c1-2-17-8-4-7-12-18-19-13(20-12)9-10-5-3-6-11(15)14(10)16/h3,5-6,17H,2,4,7-9H2,1H3. The van der Waals surface area contributed by atoms with Crippen LogP contribution in [-0.2, 0) is 12.8 Å². The fourth-order valence-electron chi connectivity index (χ4n) is 1.85. The number of benzene rings is 1. The first kappa shape index (κ1) is 15.0. The van der Waals surface area contributed by atoms with E-state index in [9.17, 15) is 8.78 Å².